The van der Waals surface area contributed by atoms with Gasteiger partial charge < -0.3 is 24.8 Å². The van der Waals surface area contributed by atoms with E-state index >= 15 is 0 Å². The van der Waals surface area contributed by atoms with Crippen LogP contribution in [0, 0.1) is 0 Å². The molecule has 0 bridgehead atoms. The van der Waals surface area contributed by atoms with Gasteiger partial charge in [-0.3, -0.25) is 13.9 Å². The molecule has 0 spiro atoms. The second-order valence-electron chi connectivity index (χ2n) is 11.1. The predicted molar refractivity (Wildman–Crippen MR) is 148 cm³/mol. The molecule has 6 rings (SSSR count). The fraction of sp³-hybridized carbons (Fsp3) is 0.538. The summed E-state index contributed by atoms with van der Waals surface area (Å²) in [6.45, 7) is 1.41. The van der Waals surface area contributed by atoms with Crippen LogP contribution < -0.4 is 15.3 Å². The Bertz CT molecular complexity index is 1470. The van der Waals surface area contributed by atoms with Crippen LogP contribution in [0.15, 0.2) is 36.9 Å². The van der Waals surface area contributed by atoms with Crippen LogP contribution in [0.3, 0.4) is 0 Å². The first-order chi connectivity index (χ1) is 19.6. The number of anilines is 1. The standard InChI is InChI=1S/C26H32ClN6O7P/c1-25(35)12-19(38-23(25)33-15-31-20-21(28)29-14-30-22(20)33)13-37-41(36,40-18-8-6-16(27)7-9-18)32-26(10-11-26)24(34)39-17-4-2-3-5-17/h6-9,14-15,17,19,23,35H,2-5,10-13H2,1H3,(H,32,36)(H2,28,29,30)/t19?,23?,25-,41?/m1/s1. The number of esters is 1. The van der Waals surface area contributed by atoms with Gasteiger partial charge in [0.2, 0.25) is 0 Å². The van der Waals surface area contributed by atoms with Gasteiger partial charge in [0.15, 0.2) is 17.7 Å². The Labute approximate surface area is 241 Å². The summed E-state index contributed by atoms with van der Waals surface area (Å²) in [7, 11) is -4.15. The summed E-state index contributed by atoms with van der Waals surface area (Å²) >= 11 is 6.00. The van der Waals surface area contributed by atoms with Gasteiger partial charge in [-0.15, -0.1) is 0 Å². The van der Waals surface area contributed by atoms with Crippen molar-refractivity contribution in [2.75, 3.05) is 12.3 Å². The molecule has 2 aromatic heterocycles. The summed E-state index contributed by atoms with van der Waals surface area (Å²) in [6, 6.07) is 6.30. The van der Waals surface area contributed by atoms with Crippen molar-refractivity contribution >= 4 is 42.3 Å². The average Bonchev–Trinajstić information content (AvgIpc) is 3.24. The Kier molecular flexibility index (Phi) is 7.46. The van der Waals surface area contributed by atoms with Gasteiger partial charge in [-0.1, -0.05) is 11.6 Å². The van der Waals surface area contributed by atoms with Crippen LogP contribution in [0.1, 0.15) is 58.1 Å². The van der Waals surface area contributed by atoms with Crippen molar-refractivity contribution in [3.8, 4) is 5.75 Å². The maximum Gasteiger partial charge on any atom is 0.459 e. The van der Waals surface area contributed by atoms with Crippen molar-refractivity contribution in [1.82, 2.24) is 24.6 Å². The Morgan fingerprint density at radius 3 is 2.68 bits per heavy atom. The second kappa shape index (κ2) is 10.8. The number of rotatable bonds is 10. The van der Waals surface area contributed by atoms with Crippen molar-refractivity contribution in [2.45, 2.75) is 81.4 Å². The van der Waals surface area contributed by atoms with Gasteiger partial charge in [-0.25, -0.2) is 19.5 Å². The van der Waals surface area contributed by atoms with Gasteiger partial charge in [-0.05, 0) is 69.7 Å². The number of nitrogens with zero attached hydrogens (tertiary/aromatic N) is 4. The number of halogens is 1. The summed E-state index contributed by atoms with van der Waals surface area (Å²) in [4.78, 5) is 25.5. The SMILES string of the molecule is C[C@@]1(O)CC(COP(=O)(NC2(C(=O)OC3CCCC3)CC2)Oc2ccc(Cl)cc2)OC1n1cnc2c(N)ncnc21. The van der Waals surface area contributed by atoms with Gasteiger partial charge in [0.1, 0.15) is 34.8 Å². The monoisotopic (exact) mass is 606 g/mol. The number of hydrogen-bond acceptors (Lipinski definition) is 11. The fourth-order valence-electron chi connectivity index (χ4n) is 5.36. The molecule has 2 saturated carbocycles. The lowest BCUT2D eigenvalue weighted by molar-refractivity contribution is -0.152. The number of nitrogens with one attached hydrogen (secondary N) is 1. The Hall–Kier alpha value is -2.80. The van der Waals surface area contributed by atoms with E-state index in [1.54, 1.807) is 35.8 Å². The predicted octanol–water partition coefficient (Wildman–Crippen LogP) is 3.91. The largest absolute Gasteiger partial charge is 0.461 e. The average molecular weight is 607 g/mol. The van der Waals surface area contributed by atoms with Gasteiger partial charge >= 0.3 is 13.7 Å². The van der Waals surface area contributed by atoms with E-state index in [9.17, 15) is 14.5 Å². The third-order valence-electron chi connectivity index (χ3n) is 7.67. The Morgan fingerprint density at radius 2 is 1.98 bits per heavy atom. The van der Waals surface area contributed by atoms with Crippen molar-refractivity contribution < 1.29 is 33.0 Å². The summed E-state index contributed by atoms with van der Waals surface area (Å²) < 4.78 is 39.3. The van der Waals surface area contributed by atoms with Crippen LogP contribution in [-0.4, -0.2) is 60.5 Å². The molecular weight excluding hydrogens is 575 g/mol. The first kappa shape index (κ1) is 28.3. The van der Waals surface area contributed by atoms with Gasteiger partial charge in [-0.2, -0.15) is 5.09 Å². The van der Waals surface area contributed by atoms with Crippen LogP contribution in [0.5, 0.6) is 5.75 Å². The number of carbonyl (C=O) groups is 1. The molecule has 13 nitrogen and oxygen atoms in total. The van der Waals surface area contributed by atoms with Gasteiger partial charge in [0.05, 0.1) is 19.0 Å². The van der Waals surface area contributed by atoms with E-state index in [4.69, 9.17) is 35.9 Å². The van der Waals surface area contributed by atoms with Crippen LogP contribution in [0.25, 0.3) is 11.2 Å². The van der Waals surface area contributed by atoms with E-state index in [1.165, 1.54) is 12.7 Å². The summed E-state index contributed by atoms with van der Waals surface area (Å²) in [5.41, 5.74) is 4.19. The van der Waals surface area contributed by atoms with Gasteiger partial charge in [0, 0.05) is 11.4 Å². The van der Waals surface area contributed by atoms with Gasteiger partial charge in [0.25, 0.3) is 0 Å². The van der Waals surface area contributed by atoms with Crippen molar-refractivity contribution in [2.24, 2.45) is 0 Å². The fourth-order valence-corrected chi connectivity index (χ4v) is 7.25. The molecule has 220 valence electrons. The Balaban J connectivity index is 1.19. The highest BCUT2D eigenvalue weighted by Crippen LogP contribution is 2.53. The highest BCUT2D eigenvalue weighted by Gasteiger charge is 2.57. The zero-order valence-corrected chi connectivity index (χ0v) is 24.1. The lowest BCUT2D eigenvalue weighted by Gasteiger charge is -2.26. The van der Waals surface area contributed by atoms with E-state index in [1.807, 2.05) is 0 Å². The molecule has 1 aliphatic heterocycles. The number of benzene rings is 1. The second-order valence-corrected chi connectivity index (χ2v) is 13.2. The van der Waals surface area contributed by atoms with Crippen molar-refractivity contribution in [1.29, 1.82) is 0 Å². The van der Waals surface area contributed by atoms with Crippen LogP contribution >= 0.6 is 19.3 Å². The third kappa shape index (κ3) is 5.93. The number of hydrogen-bond donors (Lipinski definition) is 3. The van der Waals surface area contributed by atoms with E-state index in [0.29, 0.717) is 29.0 Å². The van der Waals surface area contributed by atoms with Crippen LogP contribution in [-0.2, 0) is 23.4 Å². The number of fused-ring (bicyclic) bond motifs is 1. The van der Waals surface area contributed by atoms with Crippen LogP contribution in [0.2, 0.25) is 5.02 Å². The van der Waals surface area contributed by atoms with Crippen molar-refractivity contribution in [3.05, 3.63) is 41.9 Å². The zero-order valence-electron chi connectivity index (χ0n) is 22.4. The number of aromatic nitrogens is 4. The molecule has 0 amide bonds. The van der Waals surface area contributed by atoms with E-state index in [0.717, 1.165) is 25.7 Å². The molecule has 3 aromatic rings. The molecule has 4 N–H and O–H groups in total. The number of carbonyl (C=O) groups excluding carboxylic acids is 1. The first-order valence-electron chi connectivity index (χ1n) is 13.6. The van der Waals surface area contributed by atoms with E-state index in [-0.39, 0.29) is 30.7 Å². The Morgan fingerprint density at radius 1 is 1.24 bits per heavy atom. The number of aliphatic hydroxyl groups is 1. The molecule has 41 heavy (non-hydrogen) atoms. The summed E-state index contributed by atoms with van der Waals surface area (Å²) in [5.74, 6) is -0.0102. The molecule has 1 aromatic carbocycles. The third-order valence-corrected chi connectivity index (χ3v) is 9.57. The number of nitrogens with two attached hydrogens (primary N) is 1. The topological polar surface area (TPSA) is 173 Å². The molecular formula is C26H32ClN6O7P. The number of imidazole rings is 1. The lowest BCUT2D eigenvalue weighted by Crippen LogP contribution is -2.41. The van der Waals surface area contributed by atoms with Crippen molar-refractivity contribution in [3.63, 3.8) is 0 Å². The molecule has 2 aliphatic carbocycles. The molecule has 4 atom stereocenters. The maximum absolute atomic E-state index is 14.1. The molecule has 3 unspecified atom stereocenters. The highest BCUT2D eigenvalue weighted by molar-refractivity contribution is 7.52. The smallest absolute Gasteiger partial charge is 0.459 e. The summed E-state index contributed by atoms with van der Waals surface area (Å²) in [6.07, 6.45) is 5.77. The number of ether oxygens (including phenoxy) is 2. The lowest BCUT2D eigenvalue weighted by atomic mass is 10.0. The maximum atomic E-state index is 14.1. The van der Waals surface area contributed by atoms with Crippen LogP contribution in [0.4, 0.5) is 5.82 Å². The molecule has 3 aliphatic rings. The number of nitrogen functional groups attached to an aromatic ring is 1. The molecule has 1 saturated heterocycles. The summed E-state index contributed by atoms with van der Waals surface area (Å²) in [5, 5.41) is 14.6. The van der Waals surface area contributed by atoms with E-state index < -0.39 is 37.2 Å². The molecule has 15 heteroatoms. The molecule has 3 heterocycles. The minimum absolute atomic E-state index is 0.134. The minimum atomic E-state index is -4.15. The normalized spacial score (nSPS) is 27.1. The minimum Gasteiger partial charge on any atom is -0.461 e. The molecule has 3 fully saturated rings. The first-order valence-corrected chi connectivity index (χ1v) is 15.5. The van der Waals surface area contributed by atoms with E-state index in [2.05, 4.69) is 20.0 Å². The highest BCUT2D eigenvalue weighted by atomic mass is 35.5. The quantitative estimate of drug-likeness (QED) is 0.225. The molecule has 0 radical (unpaired) electrons. The zero-order chi connectivity index (χ0) is 28.8.